The highest BCUT2D eigenvalue weighted by Gasteiger charge is 2.37. The molecule has 158 valence electrons. The molecule has 0 bridgehead atoms. The van der Waals surface area contributed by atoms with Gasteiger partial charge < -0.3 is 4.74 Å². The molecule has 0 saturated heterocycles. The van der Waals surface area contributed by atoms with E-state index in [1.807, 2.05) is 0 Å². The number of Topliss-reactive ketones (excluding diaryl/α,β-unsaturated/α-hetero) is 1. The summed E-state index contributed by atoms with van der Waals surface area (Å²) in [5, 5.41) is 10.7. The van der Waals surface area contributed by atoms with Gasteiger partial charge >= 0.3 is 5.97 Å². The summed E-state index contributed by atoms with van der Waals surface area (Å²) in [6, 6.07) is 15.0. The van der Waals surface area contributed by atoms with E-state index in [9.17, 15) is 29.3 Å². The van der Waals surface area contributed by atoms with Crippen LogP contribution in [0, 0.1) is 10.1 Å². The molecule has 9 heteroatoms. The van der Waals surface area contributed by atoms with Gasteiger partial charge in [0.25, 0.3) is 17.5 Å². The second-order valence-corrected chi connectivity index (χ2v) is 6.95. The number of hydrogen-bond donors (Lipinski definition) is 0. The number of ether oxygens (including phenoxy) is 1. The summed E-state index contributed by atoms with van der Waals surface area (Å²) in [7, 11) is 0. The van der Waals surface area contributed by atoms with Crippen LogP contribution in [-0.4, -0.2) is 28.5 Å². The Morgan fingerprint density at radius 1 is 0.844 bits per heavy atom. The quantitative estimate of drug-likeness (QED) is 0.150. The lowest BCUT2D eigenvalue weighted by Crippen LogP contribution is -2.29. The lowest BCUT2D eigenvalue weighted by Gasteiger charge is -2.13. The van der Waals surface area contributed by atoms with E-state index >= 15 is 0 Å². The van der Waals surface area contributed by atoms with E-state index in [4.69, 9.17) is 4.74 Å². The minimum absolute atomic E-state index is 0.0389. The summed E-state index contributed by atoms with van der Waals surface area (Å²) in [5.41, 5.74) is 0.819. The Labute approximate surface area is 181 Å². The molecular formula is C23H14N2O7. The molecule has 0 N–H and O–H groups in total. The average Bonchev–Trinajstić information content (AvgIpc) is 3.03. The van der Waals surface area contributed by atoms with E-state index in [1.165, 1.54) is 73.7 Å². The molecule has 3 aromatic rings. The molecular weight excluding hydrogens is 416 g/mol. The van der Waals surface area contributed by atoms with E-state index in [2.05, 4.69) is 0 Å². The molecule has 1 aliphatic heterocycles. The van der Waals surface area contributed by atoms with Crippen LogP contribution in [0.25, 0.3) is 0 Å². The van der Waals surface area contributed by atoms with Gasteiger partial charge in [-0.05, 0) is 61.5 Å². The molecule has 1 heterocycles. The first-order valence-electron chi connectivity index (χ1n) is 9.37. The smallest absolute Gasteiger partial charge is 0.343 e. The Morgan fingerprint density at radius 3 is 2.03 bits per heavy atom. The number of nitrogens with zero attached hydrogens (tertiary/aromatic N) is 2. The second-order valence-electron chi connectivity index (χ2n) is 6.95. The first kappa shape index (κ1) is 20.6. The van der Waals surface area contributed by atoms with Crippen LogP contribution < -0.4 is 9.64 Å². The van der Waals surface area contributed by atoms with Crippen LogP contribution in [0.3, 0.4) is 0 Å². The molecule has 1 aliphatic rings. The summed E-state index contributed by atoms with van der Waals surface area (Å²) in [4.78, 5) is 60.7. The summed E-state index contributed by atoms with van der Waals surface area (Å²) >= 11 is 0. The number of hydrogen-bond acceptors (Lipinski definition) is 7. The van der Waals surface area contributed by atoms with Crippen molar-refractivity contribution in [1.29, 1.82) is 0 Å². The Morgan fingerprint density at radius 2 is 1.44 bits per heavy atom. The SMILES string of the molecule is CC(=O)c1ccc(N2C(=O)c3ccc(C(=O)Oc4ccc([N+](=O)[O-])cc4)cc3C2=O)cc1. The Balaban J connectivity index is 1.57. The molecule has 0 aliphatic carbocycles. The van der Waals surface area contributed by atoms with Gasteiger partial charge in [-0.3, -0.25) is 24.5 Å². The number of rotatable bonds is 5. The van der Waals surface area contributed by atoms with Gasteiger partial charge in [0.1, 0.15) is 5.75 Å². The van der Waals surface area contributed by atoms with E-state index in [0.29, 0.717) is 11.3 Å². The van der Waals surface area contributed by atoms with Crippen molar-refractivity contribution in [3.05, 3.63) is 99.1 Å². The first-order chi connectivity index (χ1) is 15.3. The van der Waals surface area contributed by atoms with Crippen LogP contribution in [0.2, 0.25) is 0 Å². The topological polar surface area (TPSA) is 124 Å². The minimum Gasteiger partial charge on any atom is -0.423 e. The normalized spacial score (nSPS) is 12.5. The number of non-ortho nitro benzene ring substituents is 1. The fraction of sp³-hybridized carbons (Fsp3) is 0.0435. The number of nitro groups is 1. The van der Waals surface area contributed by atoms with E-state index in [1.54, 1.807) is 0 Å². The fourth-order valence-electron chi connectivity index (χ4n) is 3.25. The predicted octanol–water partition coefficient (Wildman–Crippen LogP) is 3.82. The molecule has 4 rings (SSSR count). The van der Waals surface area contributed by atoms with Crippen molar-refractivity contribution in [1.82, 2.24) is 0 Å². The monoisotopic (exact) mass is 430 g/mol. The highest BCUT2D eigenvalue weighted by atomic mass is 16.6. The number of esters is 1. The summed E-state index contributed by atoms with van der Waals surface area (Å²) in [6.07, 6.45) is 0. The standard InChI is InChI=1S/C23H14N2O7/c1-13(26)14-2-5-16(6-3-14)24-21(27)19-11-4-15(12-20(19)22(24)28)23(29)32-18-9-7-17(8-10-18)25(30)31/h2-12H,1H3. The van der Waals surface area contributed by atoms with Gasteiger partial charge in [-0.1, -0.05) is 0 Å². The van der Waals surface area contributed by atoms with Crippen molar-refractivity contribution in [2.45, 2.75) is 6.92 Å². The van der Waals surface area contributed by atoms with Crippen molar-refractivity contribution in [2.75, 3.05) is 4.90 Å². The zero-order chi connectivity index (χ0) is 23.0. The number of imide groups is 1. The molecule has 0 unspecified atom stereocenters. The lowest BCUT2D eigenvalue weighted by atomic mass is 10.1. The van der Waals surface area contributed by atoms with Crippen molar-refractivity contribution >= 4 is 34.9 Å². The Kier molecular flexibility index (Phi) is 5.07. The van der Waals surface area contributed by atoms with Gasteiger partial charge in [-0.15, -0.1) is 0 Å². The average molecular weight is 430 g/mol. The van der Waals surface area contributed by atoms with Crippen LogP contribution in [-0.2, 0) is 0 Å². The molecule has 0 aromatic heterocycles. The largest absolute Gasteiger partial charge is 0.423 e. The second kappa shape index (κ2) is 7.88. The lowest BCUT2D eigenvalue weighted by molar-refractivity contribution is -0.384. The molecule has 3 aromatic carbocycles. The molecule has 0 fully saturated rings. The van der Waals surface area contributed by atoms with Crippen molar-refractivity contribution in [2.24, 2.45) is 0 Å². The maximum absolute atomic E-state index is 12.9. The molecule has 0 atom stereocenters. The van der Waals surface area contributed by atoms with Gasteiger partial charge in [0.05, 0.1) is 27.3 Å². The number of nitro benzene ring substituents is 1. The number of amides is 2. The van der Waals surface area contributed by atoms with Crippen molar-refractivity contribution in [3.63, 3.8) is 0 Å². The Bertz CT molecular complexity index is 1290. The third-order valence-electron chi connectivity index (χ3n) is 4.91. The highest BCUT2D eigenvalue weighted by Crippen LogP contribution is 2.30. The van der Waals surface area contributed by atoms with Crippen molar-refractivity contribution in [3.8, 4) is 5.75 Å². The molecule has 0 radical (unpaired) electrons. The van der Waals surface area contributed by atoms with Gasteiger partial charge in [-0.25, -0.2) is 9.69 Å². The van der Waals surface area contributed by atoms with Gasteiger partial charge in [0.15, 0.2) is 5.78 Å². The van der Waals surface area contributed by atoms with E-state index < -0.39 is 22.7 Å². The third-order valence-corrected chi connectivity index (χ3v) is 4.91. The van der Waals surface area contributed by atoms with Crippen LogP contribution >= 0.6 is 0 Å². The number of carbonyl (C=O) groups is 4. The predicted molar refractivity (Wildman–Crippen MR) is 112 cm³/mol. The Hall–Kier alpha value is -4.66. The summed E-state index contributed by atoms with van der Waals surface area (Å²) in [6.45, 7) is 1.41. The van der Waals surface area contributed by atoms with Gasteiger partial charge in [0, 0.05) is 17.7 Å². The van der Waals surface area contributed by atoms with Crippen LogP contribution in [0.5, 0.6) is 5.75 Å². The van der Waals surface area contributed by atoms with E-state index in [0.717, 1.165) is 4.90 Å². The highest BCUT2D eigenvalue weighted by molar-refractivity contribution is 6.34. The molecule has 0 saturated carbocycles. The number of carbonyl (C=O) groups excluding carboxylic acids is 4. The number of fused-ring (bicyclic) bond motifs is 1. The van der Waals surface area contributed by atoms with Gasteiger partial charge in [-0.2, -0.15) is 0 Å². The number of ketones is 1. The summed E-state index contributed by atoms with van der Waals surface area (Å²) < 4.78 is 5.20. The minimum atomic E-state index is -0.786. The van der Waals surface area contributed by atoms with Crippen LogP contribution in [0.15, 0.2) is 66.7 Å². The first-order valence-corrected chi connectivity index (χ1v) is 9.37. The molecule has 32 heavy (non-hydrogen) atoms. The van der Waals surface area contributed by atoms with E-state index in [-0.39, 0.29) is 33.9 Å². The maximum Gasteiger partial charge on any atom is 0.343 e. The summed E-state index contributed by atoms with van der Waals surface area (Å²) in [5.74, 6) is -1.99. The van der Waals surface area contributed by atoms with Gasteiger partial charge in [0.2, 0.25) is 0 Å². The van der Waals surface area contributed by atoms with Crippen LogP contribution in [0.4, 0.5) is 11.4 Å². The molecule has 9 nitrogen and oxygen atoms in total. The van der Waals surface area contributed by atoms with Crippen LogP contribution in [0.1, 0.15) is 48.4 Å². The van der Waals surface area contributed by atoms with Crippen molar-refractivity contribution < 1.29 is 28.8 Å². The number of benzene rings is 3. The number of anilines is 1. The molecule has 2 amide bonds. The maximum atomic E-state index is 12.9. The third kappa shape index (κ3) is 3.63. The fourth-order valence-corrected chi connectivity index (χ4v) is 3.25. The zero-order valence-electron chi connectivity index (χ0n) is 16.6. The zero-order valence-corrected chi connectivity index (χ0v) is 16.6. The molecule has 0 spiro atoms.